The molecule has 1 unspecified atom stereocenters. The molecular weight excluding hydrogens is 368 g/mol. The van der Waals surface area contributed by atoms with Crippen molar-refractivity contribution < 1.29 is 24.9 Å². The Hall–Kier alpha value is -0.940. The van der Waals surface area contributed by atoms with E-state index < -0.39 is 17.5 Å². The molecule has 164 valence electrons. The Morgan fingerprint density at radius 1 is 1.14 bits per heavy atom. The number of carboxylic acid groups (broad SMARTS) is 1. The Labute approximate surface area is 174 Å². The second kappa shape index (κ2) is 7.33. The zero-order chi connectivity index (χ0) is 21.1. The molecule has 4 fully saturated rings. The molecule has 5 nitrogen and oxygen atoms in total. The fourth-order valence-electron chi connectivity index (χ4n) is 8.41. The molecule has 0 saturated heterocycles. The van der Waals surface area contributed by atoms with Crippen molar-refractivity contribution in [3.63, 3.8) is 0 Å². The number of aliphatic hydroxyl groups excluding tert-OH is 2. The van der Waals surface area contributed by atoms with E-state index in [-0.39, 0.29) is 47.5 Å². The van der Waals surface area contributed by atoms with Crippen molar-refractivity contribution in [2.75, 3.05) is 0 Å². The number of Topliss-reactive ketones (excluding diaryl/α,β-unsaturated/α-hetero) is 1. The number of rotatable bonds is 4. The van der Waals surface area contributed by atoms with Crippen LogP contribution in [0.25, 0.3) is 0 Å². The largest absolute Gasteiger partial charge is 0.481 e. The summed E-state index contributed by atoms with van der Waals surface area (Å²) in [6, 6.07) is 0. The predicted octanol–water partition coefficient (Wildman–Crippen LogP) is 3.66. The van der Waals surface area contributed by atoms with Crippen LogP contribution >= 0.6 is 0 Å². The highest BCUT2D eigenvalue weighted by Crippen LogP contribution is 2.67. The standard InChI is InChI=1S/C24H38O5/c1-13(4-7-21(28)29)16-5-6-17-22-18(12-20(27)24(16,17)3)23(2)9-8-15(25)10-14(23)11-19(22)26/h13-19,22,25-26H,4-12H2,1-3H3,(H,28,29)/t13-,14+,15-,16-,17+,18+,19-,22?,23+,24-/m1/s1. The molecule has 4 aliphatic rings. The first-order valence-corrected chi connectivity index (χ1v) is 11.7. The molecular formula is C24H38O5. The van der Waals surface area contributed by atoms with Crippen LogP contribution in [-0.2, 0) is 9.59 Å². The van der Waals surface area contributed by atoms with Gasteiger partial charge in [0.2, 0.25) is 0 Å². The summed E-state index contributed by atoms with van der Waals surface area (Å²) in [4.78, 5) is 24.7. The van der Waals surface area contributed by atoms with Gasteiger partial charge < -0.3 is 15.3 Å². The number of ketones is 1. The number of hydrogen-bond donors (Lipinski definition) is 3. The van der Waals surface area contributed by atoms with E-state index in [4.69, 9.17) is 5.11 Å². The monoisotopic (exact) mass is 406 g/mol. The molecule has 0 bridgehead atoms. The second-order valence-electron chi connectivity index (χ2n) is 11.2. The summed E-state index contributed by atoms with van der Waals surface area (Å²) >= 11 is 0. The van der Waals surface area contributed by atoms with Gasteiger partial charge in [-0.1, -0.05) is 20.8 Å². The first-order valence-electron chi connectivity index (χ1n) is 11.7. The average Bonchev–Trinajstić information content (AvgIpc) is 3.01. The Kier molecular flexibility index (Phi) is 5.39. The lowest BCUT2D eigenvalue weighted by Gasteiger charge is -2.61. The van der Waals surface area contributed by atoms with Crippen molar-refractivity contribution in [2.24, 2.45) is 46.3 Å². The first-order chi connectivity index (χ1) is 13.6. The molecule has 29 heavy (non-hydrogen) atoms. The molecule has 0 amide bonds. The van der Waals surface area contributed by atoms with Gasteiger partial charge in [0, 0.05) is 18.3 Å². The highest BCUT2D eigenvalue weighted by Gasteiger charge is 2.65. The van der Waals surface area contributed by atoms with Crippen molar-refractivity contribution in [1.82, 2.24) is 0 Å². The lowest BCUT2D eigenvalue weighted by molar-refractivity contribution is -0.181. The smallest absolute Gasteiger partial charge is 0.303 e. The third-order valence-corrected chi connectivity index (χ3v) is 10.1. The third-order valence-electron chi connectivity index (χ3n) is 10.1. The summed E-state index contributed by atoms with van der Waals surface area (Å²) < 4.78 is 0. The summed E-state index contributed by atoms with van der Waals surface area (Å²) in [6.07, 6.45) is 5.82. The van der Waals surface area contributed by atoms with Gasteiger partial charge >= 0.3 is 5.97 Å². The van der Waals surface area contributed by atoms with Gasteiger partial charge in [-0.25, -0.2) is 0 Å². The van der Waals surface area contributed by atoms with Gasteiger partial charge in [0.05, 0.1) is 12.2 Å². The van der Waals surface area contributed by atoms with Crippen LogP contribution in [0.2, 0.25) is 0 Å². The number of aliphatic carboxylic acids is 1. The number of aliphatic hydroxyl groups is 2. The van der Waals surface area contributed by atoms with E-state index in [2.05, 4.69) is 20.8 Å². The Balaban J connectivity index is 1.62. The van der Waals surface area contributed by atoms with E-state index in [1.807, 2.05) is 0 Å². The molecule has 0 aliphatic heterocycles. The maximum Gasteiger partial charge on any atom is 0.303 e. The van der Waals surface area contributed by atoms with Crippen LogP contribution in [0.15, 0.2) is 0 Å². The first kappa shape index (κ1) is 21.3. The van der Waals surface area contributed by atoms with Crippen molar-refractivity contribution in [2.45, 2.75) is 90.8 Å². The zero-order valence-corrected chi connectivity index (χ0v) is 18.1. The Bertz CT molecular complexity index is 676. The van der Waals surface area contributed by atoms with Gasteiger partial charge in [-0.05, 0) is 85.9 Å². The van der Waals surface area contributed by atoms with Crippen molar-refractivity contribution in [3.05, 3.63) is 0 Å². The summed E-state index contributed by atoms with van der Waals surface area (Å²) in [5, 5.41) is 30.5. The topological polar surface area (TPSA) is 94.8 Å². The van der Waals surface area contributed by atoms with E-state index in [0.29, 0.717) is 24.5 Å². The number of fused-ring (bicyclic) bond motifs is 5. The molecule has 0 heterocycles. The minimum atomic E-state index is -0.771. The SMILES string of the molecule is C[C@H](CCC(=O)O)[C@H]1CC[C@H]2C3[C@H](O)C[C@@H]4C[C@H](O)CC[C@]4(C)[C@H]3CC(=O)[C@]12C. The molecule has 4 aliphatic carbocycles. The zero-order valence-electron chi connectivity index (χ0n) is 18.1. The van der Waals surface area contributed by atoms with Crippen LogP contribution in [0, 0.1) is 46.3 Å². The second-order valence-corrected chi connectivity index (χ2v) is 11.2. The summed E-state index contributed by atoms with van der Waals surface area (Å²) in [6.45, 7) is 6.54. The van der Waals surface area contributed by atoms with E-state index in [0.717, 1.165) is 38.5 Å². The molecule has 0 aromatic rings. The molecule has 0 aromatic carbocycles. The number of carbonyl (C=O) groups is 2. The van der Waals surface area contributed by atoms with Crippen molar-refractivity contribution in [1.29, 1.82) is 0 Å². The van der Waals surface area contributed by atoms with E-state index in [1.165, 1.54) is 0 Å². The summed E-state index contributed by atoms with van der Waals surface area (Å²) in [5.41, 5.74) is -0.398. The van der Waals surface area contributed by atoms with Gasteiger partial charge in [-0.2, -0.15) is 0 Å². The minimum Gasteiger partial charge on any atom is -0.481 e. The molecule has 4 rings (SSSR count). The van der Waals surface area contributed by atoms with Crippen molar-refractivity contribution in [3.8, 4) is 0 Å². The fraction of sp³-hybridized carbons (Fsp3) is 0.917. The van der Waals surface area contributed by atoms with Crippen LogP contribution < -0.4 is 0 Å². The van der Waals surface area contributed by atoms with E-state index in [9.17, 15) is 19.8 Å². The molecule has 0 radical (unpaired) electrons. The molecule has 10 atom stereocenters. The minimum absolute atomic E-state index is 0.0348. The van der Waals surface area contributed by atoms with Gasteiger partial charge in [-0.15, -0.1) is 0 Å². The quantitative estimate of drug-likeness (QED) is 0.662. The Morgan fingerprint density at radius 2 is 1.86 bits per heavy atom. The lowest BCUT2D eigenvalue weighted by atomic mass is 9.43. The van der Waals surface area contributed by atoms with Gasteiger partial charge in [-0.3, -0.25) is 9.59 Å². The maximum atomic E-state index is 13.6. The van der Waals surface area contributed by atoms with E-state index in [1.54, 1.807) is 0 Å². The Morgan fingerprint density at radius 3 is 2.55 bits per heavy atom. The molecule has 0 spiro atoms. The number of carboxylic acids is 1. The number of hydrogen-bond acceptors (Lipinski definition) is 4. The molecule has 5 heteroatoms. The van der Waals surface area contributed by atoms with Crippen molar-refractivity contribution >= 4 is 11.8 Å². The van der Waals surface area contributed by atoms with Crippen LogP contribution in [0.5, 0.6) is 0 Å². The molecule has 0 aromatic heterocycles. The van der Waals surface area contributed by atoms with Gasteiger partial charge in [0.1, 0.15) is 5.78 Å². The lowest BCUT2D eigenvalue weighted by Crippen LogP contribution is -2.61. The van der Waals surface area contributed by atoms with Crippen LogP contribution in [0.4, 0.5) is 0 Å². The predicted molar refractivity (Wildman–Crippen MR) is 109 cm³/mol. The summed E-state index contributed by atoms with van der Waals surface area (Å²) in [7, 11) is 0. The number of carbonyl (C=O) groups excluding carboxylic acids is 1. The highest BCUT2D eigenvalue weighted by atomic mass is 16.4. The maximum absolute atomic E-state index is 13.6. The fourth-order valence-corrected chi connectivity index (χ4v) is 8.41. The normalized spacial score (nSPS) is 50.4. The van der Waals surface area contributed by atoms with Crippen LogP contribution in [-0.4, -0.2) is 39.3 Å². The van der Waals surface area contributed by atoms with E-state index >= 15 is 0 Å². The third kappa shape index (κ3) is 3.18. The average molecular weight is 407 g/mol. The molecule has 4 saturated carbocycles. The van der Waals surface area contributed by atoms with Crippen LogP contribution in [0.3, 0.4) is 0 Å². The molecule has 3 N–H and O–H groups in total. The van der Waals surface area contributed by atoms with Gasteiger partial charge in [0.15, 0.2) is 0 Å². The van der Waals surface area contributed by atoms with Gasteiger partial charge in [0.25, 0.3) is 0 Å². The summed E-state index contributed by atoms with van der Waals surface area (Å²) in [5.74, 6) is 0.855. The van der Waals surface area contributed by atoms with Crippen LogP contribution in [0.1, 0.15) is 78.6 Å². The highest BCUT2D eigenvalue weighted by molar-refractivity contribution is 5.87.